The Morgan fingerprint density at radius 1 is 1.69 bits per heavy atom. The van der Waals surface area contributed by atoms with E-state index in [1.165, 1.54) is 12.3 Å². The van der Waals surface area contributed by atoms with Crippen LogP contribution in [0.4, 0.5) is 11.5 Å². The number of pyridine rings is 1. The molecule has 1 atom stereocenters. The third-order valence-corrected chi connectivity index (χ3v) is 2.68. The largest absolute Gasteiger partial charge is 0.391 e. The standard InChI is InChI=1S/C9H10ClN3O3/c10-6-3-8(13(15)16)9(11-4-6)12-2-1-7(14)5-12/h3-4,7,14H,1-2,5H2/t7-/m1/s1. The highest BCUT2D eigenvalue weighted by atomic mass is 35.5. The van der Waals surface area contributed by atoms with Crippen molar-refractivity contribution < 1.29 is 10.0 Å². The highest BCUT2D eigenvalue weighted by molar-refractivity contribution is 6.30. The summed E-state index contributed by atoms with van der Waals surface area (Å²) >= 11 is 5.66. The van der Waals surface area contributed by atoms with Crippen LogP contribution in [0.25, 0.3) is 0 Å². The SMILES string of the molecule is O=[N+]([O-])c1cc(Cl)cnc1N1CC[C@@H](O)C1. The lowest BCUT2D eigenvalue weighted by atomic mass is 10.3. The lowest BCUT2D eigenvalue weighted by molar-refractivity contribution is -0.384. The zero-order chi connectivity index (χ0) is 11.7. The highest BCUT2D eigenvalue weighted by Gasteiger charge is 2.27. The van der Waals surface area contributed by atoms with Crippen LogP contribution in [0.15, 0.2) is 12.3 Å². The lowest BCUT2D eigenvalue weighted by Crippen LogP contribution is -2.23. The molecule has 0 radical (unpaired) electrons. The van der Waals surface area contributed by atoms with E-state index in [1.807, 2.05) is 0 Å². The fourth-order valence-electron chi connectivity index (χ4n) is 1.73. The van der Waals surface area contributed by atoms with E-state index in [-0.39, 0.29) is 16.5 Å². The molecule has 0 bridgehead atoms. The Bertz CT molecular complexity index is 426. The average molecular weight is 244 g/mol. The number of aliphatic hydroxyl groups excluding tert-OH is 1. The fourth-order valence-corrected chi connectivity index (χ4v) is 1.89. The van der Waals surface area contributed by atoms with Gasteiger partial charge in [-0.25, -0.2) is 4.98 Å². The molecule has 1 saturated heterocycles. The van der Waals surface area contributed by atoms with Crippen LogP contribution in [-0.4, -0.2) is 34.2 Å². The number of β-amino-alcohol motifs (C(OH)–C–C–N with tert-alkyl or cyclic N) is 1. The van der Waals surface area contributed by atoms with Gasteiger partial charge in [-0.3, -0.25) is 10.1 Å². The summed E-state index contributed by atoms with van der Waals surface area (Å²) in [7, 11) is 0. The van der Waals surface area contributed by atoms with Crippen LogP contribution in [0.1, 0.15) is 6.42 Å². The first-order valence-corrected chi connectivity index (χ1v) is 5.18. The van der Waals surface area contributed by atoms with Crippen molar-refractivity contribution in [1.82, 2.24) is 4.98 Å². The van der Waals surface area contributed by atoms with Gasteiger partial charge in [0.25, 0.3) is 0 Å². The quantitative estimate of drug-likeness (QED) is 0.624. The van der Waals surface area contributed by atoms with Crippen LogP contribution in [0.2, 0.25) is 5.02 Å². The van der Waals surface area contributed by atoms with Gasteiger partial charge in [-0.2, -0.15) is 0 Å². The predicted octanol–water partition coefficient (Wildman–Crippen LogP) is 1.21. The second-order valence-corrected chi connectivity index (χ2v) is 4.08. The molecule has 1 aromatic heterocycles. The van der Waals surface area contributed by atoms with E-state index in [9.17, 15) is 15.2 Å². The number of rotatable bonds is 2. The number of aliphatic hydroxyl groups is 1. The van der Waals surface area contributed by atoms with Crippen LogP contribution in [0, 0.1) is 10.1 Å². The van der Waals surface area contributed by atoms with Crippen LogP contribution in [0.5, 0.6) is 0 Å². The minimum Gasteiger partial charge on any atom is -0.391 e. The second-order valence-electron chi connectivity index (χ2n) is 3.64. The number of hydrogen-bond acceptors (Lipinski definition) is 5. The summed E-state index contributed by atoms with van der Waals surface area (Å²) in [6.07, 6.45) is 1.52. The summed E-state index contributed by atoms with van der Waals surface area (Å²) in [6.45, 7) is 0.937. The monoisotopic (exact) mass is 243 g/mol. The molecule has 16 heavy (non-hydrogen) atoms. The highest BCUT2D eigenvalue weighted by Crippen LogP contribution is 2.30. The molecule has 86 valence electrons. The Hall–Kier alpha value is -1.40. The van der Waals surface area contributed by atoms with E-state index < -0.39 is 11.0 Å². The summed E-state index contributed by atoms with van der Waals surface area (Å²) < 4.78 is 0. The predicted molar refractivity (Wildman–Crippen MR) is 58.7 cm³/mol. The summed E-state index contributed by atoms with van der Waals surface area (Å²) in [5, 5.41) is 20.4. The van der Waals surface area contributed by atoms with Gasteiger partial charge in [-0.05, 0) is 6.42 Å². The molecule has 1 aliphatic rings. The lowest BCUT2D eigenvalue weighted by Gasteiger charge is -2.15. The number of hydrogen-bond donors (Lipinski definition) is 1. The first kappa shape index (κ1) is 11.1. The number of anilines is 1. The molecule has 1 aliphatic heterocycles. The molecule has 0 saturated carbocycles. The van der Waals surface area contributed by atoms with E-state index in [0.29, 0.717) is 19.5 Å². The van der Waals surface area contributed by atoms with Crippen molar-refractivity contribution in [1.29, 1.82) is 0 Å². The molecule has 1 fully saturated rings. The van der Waals surface area contributed by atoms with Gasteiger partial charge < -0.3 is 10.0 Å². The van der Waals surface area contributed by atoms with Crippen molar-refractivity contribution in [3.05, 3.63) is 27.4 Å². The summed E-state index contributed by atoms with van der Waals surface area (Å²) in [6, 6.07) is 1.27. The molecule has 2 rings (SSSR count). The summed E-state index contributed by atoms with van der Waals surface area (Å²) in [5.41, 5.74) is -0.124. The normalized spacial score (nSPS) is 20.1. The fraction of sp³-hybridized carbons (Fsp3) is 0.444. The number of halogens is 1. The Morgan fingerprint density at radius 2 is 2.44 bits per heavy atom. The molecule has 0 aromatic carbocycles. The minimum atomic E-state index is -0.515. The zero-order valence-electron chi connectivity index (χ0n) is 8.34. The smallest absolute Gasteiger partial charge is 0.313 e. The molecule has 0 unspecified atom stereocenters. The molecule has 0 aliphatic carbocycles. The third-order valence-electron chi connectivity index (χ3n) is 2.47. The van der Waals surface area contributed by atoms with Gasteiger partial charge >= 0.3 is 5.69 Å². The van der Waals surface area contributed by atoms with E-state index in [0.717, 1.165) is 0 Å². The molecule has 6 nitrogen and oxygen atoms in total. The van der Waals surface area contributed by atoms with Crippen molar-refractivity contribution >= 4 is 23.1 Å². The van der Waals surface area contributed by atoms with Gasteiger partial charge in [-0.15, -0.1) is 0 Å². The molecular formula is C9H10ClN3O3. The average Bonchev–Trinajstić information content (AvgIpc) is 2.64. The van der Waals surface area contributed by atoms with Crippen LogP contribution >= 0.6 is 11.6 Å². The van der Waals surface area contributed by atoms with Gasteiger partial charge in [0.15, 0.2) is 0 Å². The maximum absolute atomic E-state index is 10.8. The van der Waals surface area contributed by atoms with Gasteiger partial charge in [-0.1, -0.05) is 11.6 Å². The molecular weight excluding hydrogens is 234 g/mol. The molecule has 1 aromatic rings. The molecule has 0 spiro atoms. The number of aromatic nitrogens is 1. The maximum Gasteiger partial charge on any atom is 0.313 e. The molecule has 2 heterocycles. The Labute approximate surface area is 96.6 Å². The first-order chi connectivity index (χ1) is 7.58. The first-order valence-electron chi connectivity index (χ1n) is 4.81. The van der Waals surface area contributed by atoms with Crippen molar-refractivity contribution in [2.75, 3.05) is 18.0 Å². The Kier molecular flexibility index (Phi) is 2.93. The molecule has 7 heteroatoms. The van der Waals surface area contributed by atoms with Gasteiger partial charge in [0.05, 0.1) is 16.0 Å². The maximum atomic E-state index is 10.8. The zero-order valence-corrected chi connectivity index (χ0v) is 9.09. The van der Waals surface area contributed by atoms with Crippen molar-refractivity contribution in [2.24, 2.45) is 0 Å². The van der Waals surface area contributed by atoms with Crippen LogP contribution in [0.3, 0.4) is 0 Å². The van der Waals surface area contributed by atoms with Crippen molar-refractivity contribution in [2.45, 2.75) is 12.5 Å². The summed E-state index contributed by atoms with van der Waals surface area (Å²) in [5.74, 6) is 0.269. The van der Waals surface area contributed by atoms with Crippen molar-refractivity contribution in [3.63, 3.8) is 0 Å². The van der Waals surface area contributed by atoms with E-state index in [4.69, 9.17) is 11.6 Å². The number of nitro groups is 1. The van der Waals surface area contributed by atoms with E-state index >= 15 is 0 Å². The summed E-state index contributed by atoms with van der Waals surface area (Å²) in [4.78, 5) is 16.0. The van der Waals surface area contributed by atoms with Gasteiger partial charge in [0.1, 0.15) is 0 Å². The van der Waals surface area contributed by atoms with Crippen LogP contribution < -0.4 is 4.90 Å². The van der Waals surface area contributed by atoms with E-state index in [1.54, 1.807) is 4.90 Å². The molecule has 1 N–H and O–H groups in total. The van der Waals surface area contributed by atoms with Crippen LogP contribution in [-0.2, 0) is 0 Å². The molecule has 0 amide bonds. The number of nitrogens with zero attached hydrogens (tertiary/aromatic N) is 3. The van der Waals surface area contributed by atoms with Gasteiger partial charge in [0.2, 0.25) is 5.82 Å². The van der Waals surface area contributed by atoms with E-state index in [2.05, 4.69) is 4.98 Å². The topological polar surface area (TPSA) is 79.5 Å². The Balaban J connectivity index is 2.36. The third kappa shape index (κ3) is 2.07. The second kappa shape index (κ2) is 4.23. The van der Waals surface area contributed by atoms with Crippen molar-refractivity contribution in [3.8, 4) is 0 Å². The van der Waals surface area contributed by atoms with Gasteiger partial charge in [0, 0.05) is 25.4 Å². The Morgan fingerprint density at radius 3 is 3.00 bits per heavy atom. The minimum absolute atomic E-state index is 0.124.